The Morgan fingerprint density at radius 2 is 1.65 bits per heavy atom. The average molecular weight is 284 g/mol. The maximum atomic E-state index is 12.4. The Morgan fingerprint density at radius 1 is 1.10 bits per heavy atom. The molecule has 0 spiro atoms. The Hall–Kier alpha value is -1.14. The van der Waals surface area contributed by atoms with Crippen molar-refractivity contribution in [3.8, 4) is 5.75 Å². The Bertz CT molecular complexity index is 487. The van der Waals surface area contributed by atoms with E-state index >= 15 is 0 Å². The molecule has 0 amide bonds. The first-order valence-corrected chi connectivity index (χ1v) is 6.54. The van der Waals surface area contributed by atoms with Crippen LogP contribution < -0.4 is 10.2 Å². The van der Waals surface area contributed by atoms with E-state index in [0.29, 0.717) is 11.0 Å². The second kappa shape index (κ2) is 5.00. The van der Waals surface area contributed by atoms with Gasteiger partial charge in [-0.15, -0.1) is 0 Å². The lowest BCUT2D eigenvalue weighted by atomic mass is 9.76. The summed E-state index contributed by atoms with van der Waals surface area (Å²) in [4.78, 5) is 0. The number of rotatable bonds is 3. The molecule has 1 saturated heterocycles. The molecule has 1 aromatic rings. The van der Waals surface area contributed by atoms with Crippen LogP contribution in [0.3, 0.4) is 0 Å². The summed E-state index contributed by atoms with van der Waals surface area (Å²) in [6.45, 7) is 6.66. The van der Waals surface area contributed by atoms with Crippen molar-refractivity contribution in [3.05, 3.63) is 23.8 Å². The zero-order valence-corrected chi connectivity index (χ0v) is 12.4. The van der Waals surface area contributed by atoms with Crippen LogP contribution in [0.15, 0.2) is 18.2 Å². The van der Waals surface area contributed by atoms with Gasteiger partial charge < -0.3 is 14.0 Å². The zero-order valence-electron chi connectivity index (χ0n) is 12.4. The van der Waals surface area contributed by atoms with Gasteiger partial charge in [-0.25, -0.2) is 0 Å². The third kappa shape index (κ3) is 2.67. The second-order valence-corrected chi connectivity index (χ2v) is 5.94. The summed E-state index contributed by atoms with van der Waals surface area (Å²) in [5.74, 6) is 0.146. The number of ether oxygens (including phenoxy) is 1. The molecule has 1 aliphatic rings. The van der Waals surface area contributed by atoms with E-state index in [1.165, 1.54) is 6.07 Å². The van der Waals surface area contributed by atoms with Gasteiger partial charge in [0.15, 0.2) is 0 Å². The molecule has 1 fully saturated rings. The summed E-state index contributed by atoms with van der Waals surface area (Å²) in [5, 5.41) is 0. The van der Waals surface area contributed by atoms with Crippen LogP contribution in [-0.2, 0) is 9.31 Å². The van der Waals surface area contributed by atoms with Gasteiger partial charge in [0.1, 0.15) is 5.75 Å². The molecular formula is C14H19BF2O3. The highest BCUT2D eigenvalue weighted by Gasteiger charge is 2.52. The van der Waals surface area contributed by atoms with Crippen LogP contribution in [0.4, 0.5) is 8.78 Å². The van der Waals surface area contributed by atoms with Crippen LogP contribution in [0.5, 0.6) is 5.75 Å². The molecular weight excluding hydrogens is 265 g/mol. The van der Waals surface area contributed by atoms with Gasteiger partial charge in [0.05, 0.1) is 11.2 Å². The van der Waals surface area contributed by atoms with Gasteiger partial charge in [-0.05, 0) is 51.7 Å². The smallest absolute Gasteiger partial charge is 0.435 e. The molecule has 1 aliphatic heterocycles. The number of benzene rings is 1. The fraction of sp³-hybridized carbons (Fsp3) is 0.571. The van der Waals surface area contributed by atoms with Crippen molar-refractivity contribution in [2.45, 2.75) is 52.4 Å². The Labute approximate surface area is 118 Å². The van der Waals surface area contributed by atoms with E-state index in [0.717, 1.165) is 0 Å². The lowest BCUT2D eigenvalue weighted by Crippen LogP contribution is -2.41. The van der Waals surface area contributed by atoms with Crippen molar-refractivity contribution in [1.29, 1.82) is 0 Å². The molecule has 110 valence electrons. The lowest BCUT2D eigenvalue weighted by Gasteiger charge is -2.32. The van der Waals surface area contributed by atoms with E-state index in [1.807, 2.05) is 27.7 Å². The van der Waals surface area contributed by atoms with Crippen molar-refractivity contribution in [2.75, 3.05) is 0 Å². The quantitative estimate of drug-likeness (QED) is 0.799. The molecule has 0 bridgehead atoms. The molecule has 1 aromatic carbocycles. The zero-order chi connectivity index (χ0) is 15.1. The summed E-state index contributed by atoms with van der Waals surface area (Å²) < 4.78 is 41.1. The monoisotopic (exact) mass is 284 g/mol. The predicted molar refractivity (Wildman–Crippen MR) is 73.5 cm³/mol. The van der Waals surface area contributed by atoms with Crippen LogP contribution in [0.1, 0.15) is 33.3 Å². The van der Waals surface area contributed by atoms with Crippen molar-refractivity contribution < 1.29 is 22.8 Å². The number of hydrogen-bond acceptors (Lipinski definition) is 3. The molecule has 20 heavy (non-hydrogen) atoms. The highest BCUT2D eigenvalue weighted by Crippen LogP contribution is 2.37. The first-order valence-electron chi connectivity index (χ1n) is 6.54. The largest absolute Gasteiger partial charge is 0.495 e. The van der Waals surface area contributed by atoms with Crippen molar-refractivity contribution in [2.24, 2.45) is 0 Å². The van der Waals surface area contributed by atoms with Crippen LogP contribution in [0.2, 0.25) is 0 Å². The number of hydrogen-bond donors (Lipinski definition) is 0. The maximum Gasteiger partial charge on any atom is 0.495 e. The first kappa shape index (κ1) is 15.3. The standard InChI is InChI=1S/C14H19BF2O3/c1-9-10(7-6-8-11(9)18-12(16)17)15-19-13(2,3)14(4,5)20-15/h6-8,12H,1-5H3. The van der Waals surface area contributed by atoms with Gasteiger partial charge in [-0.1, -0.05) is 12.1 Å². The molecule has 0 atom stereocenters. The van der Waals surface area contributed by atoms with E-state index in [1.54, 1.807) is 19.1 Å². The first-order chi connectivity index (χ1) is 9.14. The van der Waals surface area contributed by atoms with Crippen molar-refractivity contribution in [3.63, 3.8) is 0 Å². The maximum absolute atomic E-state index is 12.4. The second-order valence-electron chi connectivity index (χ2n) is 5.94. The summed E-state index contributed by atoms with van der Waals surface area (Å²) in [5.41, 5.74) is 0.376. The Balaban J connectivity index is 2.31. The van der Waals surface area contributed by atoms with Crippen LogP contribution in [-0.4, -0.2) is 24.9 Å². The SMILES string of the molecule is Cc1c(OC(F)F)cccc1B1OC(C)(C)C(C)(C)O1. The fourth-order valence-corrected chi connectivity index (χ4v) is 2.08. The summed E-state index contributed by atoms with van der Waals surface area (Å²) in [7, 11) is -0.582. The Kier molecular flexibility index (Phi) is 3.82. The Morgan fingerprint density at radius 3 is 2.15 bits per heavy atom. The normalized spacial score (nSPS) is 20.5. The minimum atomic E-state index is -2.85. The van der Waals surface area contributed by atoms with Crippen LogP contribution in [0, 0.1) is 6.92 Å². The van der Waals surface area contributed by atoms with Gasteiger partial charge in [-0.3, -0.25) is 0 Å². The number of alkyl halides is 2. The molecule has 6 heteroatoms. The molecule has 1 heterocycles. The molecule has 0 radical (unpaired) electrons. The van der Waals surface area contributed by atoms with Crippen LogP contribution >= 0.6 is 0 Å². The summed E-state index contributed by atoms with van der Waals surface area (Å²) >= 11 is 0. The lowest BCUT2D eigenvalue weighted by molar-refractivity contribution is -0.0502. The van der Waals surface area contributed by atoms with E-state index in [2.05, 4.69) is 4.74 Å². The average Bonchev–Trinajstić information content (AvgIpc) is 2.50. The minimum absolute atomic E-state index is 0.146. The van der Waals surface area contributed by atoms with E-state index < -0.39 is 24.9 Å². The predicted octanol–water partition coefficient (Wildman–Crippen LogP) is 2.90. The van der Waals surface area contributed by atoms with Gasteiger partial charge in [0.2, 0.25) is 0 Å². The highest BCUT2D eigenvalue weighted by atomic mass is 19.3. The third-order valence-corrected chi connectivity index (χ3v) is 4.05. The molecule has 0 N–H and O–H groups in total. The fourth-order valence-electron chi connectivity index (χ4n) is 2.08. The molecule has 0 aromatic heterocycles. The van der Waals surface area contributed by atoms with Gasteiger partial charge in [0.25, 0.3) is 0 Å². The molecule has 0 saturated carbocycles. The van der Waals surface area contributed by atoms with E-state index in [9.17, 15) is 8.78 Å². The number of halogens is 2. The third-order valence-electron chi connectivity index (χ3n) is 4.05. The molecule has 3 nitrogen and oxygen atoms in total. The summed E-state index contributed by atoms with van der Waals surface area (Å²) in [6.07, 6.45) is 0. The van der Waals surface area contributed by atoms with Gasteiger partial charge >= 0.3 is 13.7 Å². The highest BCUT2D eigenvalue weighted by molar-refractivity contribution is 6.62. The summed E-state index contributed by atoms with van der Waals surface area (Å²) in [6, 6.07) is 4.97. The van der Waals surface area contributed by atoms with E-state index in [-0.39, 0.29) is 5.75 Å². The van der Waals surface area contributed by atoms with E-state index in [4.69, 9.17) is 9.31 Å². The van der Waals surface area contributed by atoms with Gasteiger partial charge in [-0.2, -0.15) is 8.78 Å². The molecule has 2 rings (SSSR count). The van der Waals surface area contributed by atoms with Crippen LogP contribution in [0.25, 0.3) is 0 Å². The van der Waals surface area contributed by atoms with Gasteiger partial charge in [0, 0.05) is 0 Å². The molecule has 0 aliphatic carbocycles. The topological polar surface area (TPSA) is 27.7 Å². The minimum Gasteiger partial charge on any atom is -0.435 e. The van der Waals surface area contributed by atoms with Crippen molar-refractivity contribution in [1.82, 2.24) is 0 Å². The van der Waals surface area contributed by atoms with Crippen molar-refractivity contribution >= 4 is 12.6 Å². The molecule has 0 unspecified atom stereocenters.